The predicted octanol–water partition coefficient (Wildman–Crippen LogP) is 1.58. The smallest absolute Gasteiger partial charge is 0.0517 e. The molecule has 0 spiro atoms. The normalized spacial score (nSPS) is 23.0. The minimum atomic E-state index is -0.312. The summed E-state index contributed by atoms with van der Waals surface area (Å²) in [6.45, 7) is 4.30. The van der Waals surface area contributed by atoms with Crippen LogP contribution in [-0.4, -0.2) is 23.4 Å². The molecule has 1 rings (SSSR count). The van der Waals surface area contributed by atoms with Crippen LogP contribution >= 0.6 is 0 Å². The molecule has 0 heterocycles. The van der Waals surface area contributed by atoms with Crippen LogP contribution in [0.3, 0.4) is 0 Å². The third kappa shape index (κ3) is 1.79. The number of allylic oxidation sites excluding steroid dienone is 2. The molecule has 0 saturated carbocycles. The van der Waals surface area contributed by atoms with Crippen molar-refractivity contribution in [2.45, 2.75) is 26.7 Å². The van der Waals surface area contributed by atoms with Gasteiger partial charge in [0.05, 0.1) is 13.2 Å². The van der Waals surface area contributed by atoms with Crippen molar-refractivity contribution in [1.82, 2.24) is 0 Å². The van der Waals surface area contributed by atoms with Crippen molar-refractivity contribution in [3.63, 3.8) is 0 Å². The Hall–Kier alpha value is -0.340. The number of hydrogen-bond acceptors (Lipinski definition) is 2. The van der Waals surface area contributed by atoms with E-state index >= 15 is 0 Å². The average molecular weight is 184 g/mol. The van der Waals surface area contributed by atoms with Crippen LogP contribution in [0.5, 0.6) is 0 Å². The molecule has 76 valence electrons. The number of aliphatic hydroxyl groups excluding tert-OH is 2. The summed E-state index contributed by atoms with van der Waals surface area (Å²) >= 11 is 0. The molecule has 0 aliphatic heterocycles. The van der Waals surface area contributed by atoms with Crippen LogP contribution in [0.2, 0.25) is 0 Å². The maximum Gasteiger partial charge on any atom is 0.0517 e. The van der Waals surface area contributed by atoms with Gasteiger partial charge in [0, 0.05) is 5.41 Å². The van der Waals surface area contributed by atoms with Crippen molar-refractivity contribution in [2.24, 2.45) is 17.3 Å². The number of aliphatic hydroxyl groups is 2. The highest BCUT2D eigenvalue weighted by molar-refractivity contribution is 5.05. The monoisotopic (exact) mass is 184 g/mol. The topological polar surface area (TPSA) is 40.5 Å². The lowest BCUT2D eigenvalue weighted by molar-refractivity contribution is -0.0180. The molecule has 2 nitrogen and oxygen atoms in total. The van der Waals surface area contributed by atoms with E-state index < -0.39 is 0 Å². The Bertz CT molecular complexity index is 181. The summed E-state index contributed by atoms with van der Waals surface area (Å²) < 4.78 is 0. The van der Waals surface area contributed by atoms with E-state index in [1.807, 2.05) is 0 Å². The van der Waals surface area contributed by atoms with Gasteiger partial charge in [0.25, 0.3) is 0 Å². The SMILES string of the molecule is CC(C)C(CO)(CO)C1C=CCC1. The van der Waals surface area contributed by atoms with Crippen LogP contribution in [-0.2, 0) is 0 Å². The van der Waals surface area contributed by atoms with Gasteiger partial charge in [-0.15, -0.1) is 0 Å². The highest BCUT2D eigenvalue weighted by Gasteiger charge is 2.40. The molecule has 0 aromatic heterocycles. The molecule has 0 bridgehead atoms. The molecule has 0 amide bonds. The molecule has 2 N–H and O–H groups in total. The van der Waals surface area contributed by atoms with Crippen molar-refractivity contribution >= 4 is 0 Å². The van der Waals surface area contributed by atoms with Crippen molar-refractivity contribution < 1.29 is 10.2 Å². The minimum absolute atomic E-state index is 0.0795. The Morgan fingerprint density at radius 1 is 1.38 bits per heavy atom. The van der Waals surface area contributed by atoms with Crippen molar-refractivity contribution in [3.8, 4) is 0 Å². The lowest BCUT2D eigenvalue weighted by Crippen LogP contribution is -2.41. The molecule has 0 aromatic carbocycles. The summed E-state index contributed by atoms with van der Waals surface area (Å²) in [5.74, 6) is 0.665. The van der Waals surface area contributed by atoms with E-state index in [4.69, 9.17) is 0 Å². The predicted molar refractivity (Wildman–Crippen MR) is 53.3 cm³/mol. The Morgan fingerprint density at radius 2 is 2.00 bits per heavy atom. The molecule has 0 fully saturated rings. The van der Waals surface area contributed by atoms with Gasteiger partial charge in [-0.05, 0) is 24.7 Å². The number of rotatable bonds is 4. The van der Waals surface area contributed by atoms with Gasteiger partial charge in [-0.25, -0.2) is 0 Å². The lowest BCUT2D eigenvalue weighted by atomic mass is 9.68. The van der Waals surface area contributed by atoms with Crippen LogP contribution in [0, 0.1) is 17.3 Å². The van der Waals surface area contributed by atoms with Crippen molar-refractivity contribution in [1.29, 1.82) is 0 Å². The van der Waals surface area contributed by atoms with Crippen LogP contribution in [0.4, 0.5) is 0 Å². The van der Waals surface area contributed by atoms with E-state index in [0.717, 1.165) is 12.8 Å². The first-order chi connectivity index (χ1) is 6.17. The first kappa shape index (κ1) is 10.7. The largest absolute Gasteiger partial charge is 0.396 e. The van der Waals surface area contributed by atoms with E-state index in [2.05, 4.69) is 26.0 Å². The van der Waals surface area contributed by atoms with Gasteiger partial charge in [0.1, 0.15) is 0 Å². The second kappa shape index (κ2) is 4.25. The van der Waals surface area contributed by atoms with Gasteiger partial charge in [0.2, 0.25) is 0 Å². The second-order valence-corrected chi connectivity index (χ2v) is 4.32. The van der Waals surface area contributed by atoms with Gasteiger partial charge >= 0.3 is 0 Å². The van der Waals surface area contributed by atoms with Gasteiger partial charge in [-0.2, -0.15) is 0 Å². The zero-order valence-corrected chi connectivity index (χ0v) is 8.53. The molecule has 0 radical (unpaired) electrons. The van der Waals surface area contributed by atoms with E-state index in [9.17, 15) is 10.2 Å². The average Bonchev–Trinajstić information content (AvgIpc) is 2.60. The maximum atomic E-state index is 9.41. The molecule has 1 aliphatic rings. The van der Waals surface area contributed by atoms with Gasteiger partial charge in [-0.1, -0.05) is 26.0 Å². The van der Waals surface area contributed by atoms with E-state index in [0.29, 0.717) is 11.8 Å². The van der Waals surface area contributed by atoms with Crippen molar-refractivity contribution in [3.05, 3.63) is 12.2 Å². The fraction of sp³-hybridized carbons (Fsp3) is 0.818. The standard InChI is InChI=1S/C11H20O2/c1-9(2)11(7-12,8-13)10-5-3-4-6-10/h3,5,9-10,12-13H,4,6-8H2,1-2H3. The van der Waals surface area contributed by atoms with E-state index in [-0.39, 0.29) is 18.6 Å². The Labute approximate surface area is 80.3 Å². The molecular formula is C11H20O2. The molecule has 2 heteroatoms. The summed E-state index contributed by atoms with van der Waals surface area (Å²) in [4.78, 5) is 0. The highest BCUT2D eigenvalue weighted by atomic mass is 16.3. The van der Waals surface area contributed by atoms with Gasteiger partial charge in [-0.3, -0.25) is 0 Å². The minimum Gasteiger partial charge on any atom is -0.396 e. The van der Waals surface area contributed by atoms with Crippen LogP contribution in [0.1, 0.15) is 26.7 Å². The Morgan fingerprint density at radius 3 is 2.31 bits per heavy atom. The van der Waals surface area contributed by atoms with Gasteiger partial charge < -0.3 is 10.2 Å². The molecule has 0 saturated heterocycles. The number of hydrogen-bond donors (Lipinski definition) is 2. The molecular weight excluding hydrogens is 164 g/mol. The zero-order valence-electron chi connectivity index (χ0n) is 8.53. The Balaban J connectivity index is 2.81. The van der Waals surface area contributed by atoms with Crippen LogP contribution in [0.25, 0.3) is 0 Å². The first-order valence-corrected chi connectivity index (χ1v) is 5.05. The fourth-order valence-electron chi connectivity index (χ4n) is 2.19. The maximum absolute atomic E-state index is 9.41. The second-order valence-electron chi connectivity index (χ2n) is 4.32. The van der Waals surface area contributed by atoms with Gasteiger partial charge in [0.15, 0.2) is 0 Å². The lowest BCUT2D eigenvalue weighted by Gasteiger charge is -2.39. The zero-order chi connectivity index (χ0) is 9.90. The molecule has 1 atom stereocenters. The molecule has 0 aromatic rings. The molecule has 13 heavy (non-hydrogen) atoms. The Kier molecular flexibility index (Phi) is 3.51. The van der Waals surface area contributed by atoms with E-state index in [1.165, 1.54) is 0 Å². The summed E-state index contributed by atoms with van der Waals surface area (Å²) in [6, 6.07) is 0. The van der Waals surface area contributed by atoms with E-state index in [1.54, 1.807) is 0 Å². The summed E-state index contributed by atoms with van der Waals surface area (Å²) in [6.07, 6.45) is 6.44. The summed E-state index contributed by atoms with van der Waals surface area (Å²) in [5, 5.41) is 18.8. The van der Waals surface area contributed by atoms with Crippen LogP contribution in [0.15, 0.2) is 12.2 Å². The quantitative estimate of drug-likeness (QED) is 0.651. The summed E-state index contributed by atoms with van der Waals surface area (Å²) in [7, 11) is 0. The van der Waals surface area contributed by atoms with Crippen molar-refractivity contribution in [2.75, 3.05) is 13.2 Å². The fourth-order valence-corrected chi connectivity index (χ4v) is 2.19. The van der Waals surface area contributed by atoms with Crippen LogP contribution < -0.4 is 0 Å². The summed E-state index contributed by atoms with van der Waals surface area (Å²) in [5.41, 5.74) is -0.312. The third-order valence-corrected chi connectivity index (χ3v) is 3.49. The third-order valence-electron chi connectivity index (χ3n) is 3.49. The molecule has 1 aliphatic carbocycles. The molecule has 1 unspecified atom stereocenters. The highest BCUT2D eigenvalue weighted by Crippen LogP contribution is 2.41. The first-order valence-electron chi connectivity index (χ1n) is 5.05.